The Morgan fingerprint density at radius 1 is 1.29 bits per heavy atom. The lowest BCUT2D eigenvalue weighted by Crippen LogP contribution is -2.24. The zero-order valence-corrected chi connectivity index (χ0v) is 13.8. The monoisotopic (exact) mass is 367 g/mol. The molecule has 21 heavy (non-hydrogen) atoms. The Labute approximate surface area is 137 Å². The number of methoxy groups -OCH3 is 1. The van der Waals surface area contributed by atoms with E-state index in [4.69, 9.17) is 26.8 Å². The van der Waals surface area contributed by atoms with Gasteiger partial charge in [0.05, 0.1) is 12.1 Å². The standard InChI is InChI=1S/C16H15BrClNO2/c1-20-10-3-5-15-11(7-10)14(19)8-16(21-15)9-2-4-12(17)13(18)6-9/h2-7,14,16H,8,19H2,1H3. The minimum absolute atomic E-state index is 0.0868. The average Bonchev–Trinajstić information content (AvgIpc) is 2.49. The fourth-order valence-corrected chi connectivity index (χ4v) is 2.96. The number of fused-ring (bicyclic) bond motifs is 1. The van der Waals surface area contributed by atoms with Gasteiger partial charge in [-0.05, 0) is 51.8 Å². The van der Waals surface area contributed by atoms with E-state index in [9.17, 15) is 0 Å². The molecular formula is C16H15BrClNO2. The van der Waals surface area contributed by atoms with Crippen molar-refractivity contribution in [3.8, 4) is 11.5 Å². The van der Waals surface area contributed by atoms with E-state index in [1.54, 1.807) is 7.11 Å². The summed E-state index contributed by atoms with van der Waals surface area (Å²) in [5.74, 6) is 1.59. The lowest BCUT2D eigenvalue weighted by atomic mass is 9.93. The van der Waals surface area contributed by atoms with Gasteiger partial charge in [0, 0.05) is 22.5 Å². The Morgan fingerprint density at radius 3 is 2.81 bits per heavy atom. The molecule has 0 aliphatic carbocycles. The molecule has 0 aromatic heterocycles. The van der Waals surface area contributed by atoms with E-state index >= 15 is 0 Å². The number of hydrogen-bond acceptors (Lipinski definition) is 3. The highest BCUT2D eigenvalue weighted by molar-refractivity contribution is 9.10. The second-order valence-corrected chi connectivity index (χ2v) is 6.29. The summed E-state index contributed by atoms with van der Waals surface area (Å²) in [5.41, 5.74) is 8.30. The van der Waals surface area contributed by atoms with Gasteiger partial charge in [0.25, 0.3) is 0 Å². The van der Waals surface area contributed by atoms with Crippen LogP contribution in [0.1, 0.15) is 29.7 Å². The molecule has 0 saturated carbocycles. The van der Waals surface area contributed by atoms with Crippen LogP contribution in [0.4, 0.5) is 0 Å². The smallest absolute Gasteiger partial charge is 0.126 e. The summed E-state index contributed by atoms with van der Waals surface area (Å²) in [5, 5.41) is 0.671. The zero-order chi connectivity index (χ0) is 15.0. The number of halogens is 2. The van der Waals surface area contributed by atoms with Gasteiger partial charge < -0.3 is 15.2 Å². The van der Waals surface area contributed by atoms with Crippen LogP contribution in [-0.2, 0) is 0 Å². The fraction of sp³-hybridized carbons (Fsp3) is 0.250. The predicted molar refractivity (Wildman–Crippen MR) is 87.1 cm³/mol. The second kappa shape index (κ2) is 5.87. The van der Waals surface area contributed by atoms with Crippen LogP contribution in [0, 0.1) is 0 Å². The number of hydrogen-bond donors (Lipinski definition) is 1. The van der Waals surface area contributed by atoms with Crippen molar-refractivity contribution in [2.45, 2.75) is 18.6 Å². The zero-order valence-electron chi connectivity index (χ0n) is 11.5. The summed E-state index contributed by atoms with van der Waals surface area (Å²) >= 11 is 9.55. The highest BCUT2D eigenvalue weighted by atomic mass is 79.9. The van der Waals surface area contributed by atoms with Crippen LogP contribution in [0.3, 0.4) is 0 Å². The topological polar surface area (TPSA) is 44.5 Å². The molecule has 2 aromatic rings. The minimum atomic E-state index is -0.0912. The maximum absolute atomic E-state index is 6.29. The SMILES string of the molecule is COc1ccc2c(c1)C(N)CC(c1ccc(Br)c(Cl)c1)O2. The van der Waals surface area contributed by atoms with E-state index < -0.39 is 0 Å². The van der Waals surface area contributed by atoms with E-state index in [2.05, 4.69) is 15.9 Å². The summed E-state index contributed by atoms with van der Waals surface area (Å²) < 4.78 is 12.2. The largest absolute Gasteiger partial charge is 0.497 e. The van der Waals surface area contributed by atoms with E-state index in [-0.39, 0.29) is 12.1 Å². The molecule has 0 amide bonds. The molecule has 1 heterocycles. The van der Waals surface area contributed by atoms with Gasteiger partial charge in [-0.2, -0.15) is 0 Å². The quantitative estimate of drug-likeness (QED) is 0.840. The Bertz CT molecular complexity index is 677. The third-order valence-corrected chi connectivity index (χ3v) is 4.90. The van der Waals surface area contributed by atoms with Crippen LogP contribution in [-0.4, -0.2) is 7.11 Å². The summed E-state index contributed by atoms with van der Waals surface area (Å²) in [7, 11) is 1.64. The van der Waals surface area contributed by atoms with Gasteiger partial charge >= 0.3 is 0 Å². The number of nitrogens with two attached hydrogens (primary N) is 1. The first-order valence-corrected chi connectivity index (χ1v) is 7.80. The number of rotatable bonds is 2. The van der Waals surface area contributed by atoms with Crippen molar-refractivity contribution in [3.05, 3.63) is 57.0 Å². The molecule has 3 nitrogen and oxygen atoms in total. The third kappa shape index (κ3) is 2.89. The van der Waals surface area contributed by atoms with Crippen LogP contribution < -0.4 is 15.2 Å². The van der Waals surface area contributed by atoms with Crippen molar-refractivity contribution in [1.82, 2.24) is 0 Å². The van der Waals surface area contributed by atoms with E-state index in [0.29, 0.717) is 11.4 Å². The molecule has 0 saturated heterocycles. The lowest BCUT2D eigenvalue weighted by molar-refractivity contribution is 0.161. The van der Waals surface area contributed by atoms with Crippen molar-refractivity contribution in [2.75, 3.05) is 7.11 Å². The third-order valence-electron chi connectivity index (χ3n) is 3.67. The van der Waals surface area contributed by atoms with E-state index in [0.717, 1.165) is 27.1 Å². The normalized spacial score (nSPS) is 20.6. The molecule has 0 fully saturated rings. The first-order chi connectivity index (χ1) is 10.1. The molecule has 2 aromatic carbocycles. The van der Waals surface area contributed by atoms with Gasteiger partial charge in [-0.1, -0.05) is 17.7 Å². The summed E-state index contributed by atoms with van der Waals surface area (Å²) in [6.45, 7) is 0. The van der Waals surface area contributed by atoms with Crippen LogP contribution in [0.15, 0.2) is 40.9 Å². The molecule has 2 N–H and O–H groups in total. The molecule has 5 heteroatoms. The minimum Gasteiger partial charge on any atom is -0.497 e. The highest BCUT2D eigenvalue weighted by Crippen LogP contribution is 2.42. The molecular weight excluding hydrogens is 354 g/mol. The van der Waals surface area contributed by atoms with Crippen LogP contribution in [0.5, 0.6) is 11.5 Å². The van der Waals surface area contributed by atoms with E-state index in [1.807, 2.05) is 36.4 Å². The summed E-state index contributed by atoms with van der Waals surface area (Å²) in [4.78, 5) is 0. The van der Waals surface area contributed by atoms with Crippen molar-refractivity contribution in [3.63, 3.8) is 0 Å². The Balaban J connectivity index is 1.92. The van der Waals surface area contributed by atoms with Crippen molar-refractivity contribution < 1.29 is 9.47 Å². The molecule has 0 bridgehead atoms. The molecule has 1 aliphatic heterocycles. The van der Waals surface area contributed by atoms with Gasteiger partial charge in [-0.15, -0.1) is 0 Å². The Hall–Kier alpha value is -1.23. The summed E-state index contributed by atoms with van der Waals surface area (Å²) in [6, 6.07) is 11.5. The van der Waals surface area contributed by atoms with Crippen LogP contribution in [0.25, 0.3) is 0 Å². The first-order valence-electron chi connectivity index (χ1n) is 6.63. The molecule has 2 unspecified atom stereocenters. The first kappa shape index (κ1) is 14.7. The predicted octanol–water partition coefficient (Wildman–Crippen LogP) is 4.63. The van der Waals surface area contributed by atoms with Gasteiger partial charge in [0.15, 0.2) is 0 Å². The van der Waals surface area contributed by atoms with Crippen molar-refractivity contribution in [2.24, 2.45) is 5.73 Å². The second-order valence-electron chi connectivity index (χ2n) is 5.03. The Morgan fingerprint density at radius 2 is 2.10 bits per heavy atom. The molecule has 2 atom stereocenters. The molecule has 0 spiro atoms. The molecule has 0 radical (unpaired) electrons. The van der Waals surface area contributed by atoms with Crippen LogP contribution >= 0.6 is 27.5 Å². The maximum Gasteiger partial charge on any atom is 0.126 e. The van der Waals surface area contributed by atoms with Crippen molar-refractivity contribution >= 4 is 27.5 Å². The molecule has 3 rings (SSSR count). The molecule has 1 aliphatic rings. The highest BCUT2D eigenvalue weighted by Gasteiger charge is 2.27. The van der Waals surface area contributed by atoms with Crippen molar-refractivity contribution in [1.29, 1.82) is 0 Å². The average molecular weight is 369 g/mol. The van der Waals surface area contributed by atoms with E-state index in [1.165, 1.54) is 0 Å². The Kier molecular flexibility index (Phi) is 4.11. The maximum atomic E-state index is 6.29. The molecule has 110 valence electrons. The van der Waals surface area contributed by atoms with Gasteiger partial charge in [0.2, 0.25) is 0 Å². The van der Waals surface area contributed by atoms with Crippen LogP contribution in [0.2, 0.25) is 5.02 Å². The lowest BCUT2D eigenvalue weighted by Gasteiger charge is -2.31. The number of ether oxygens (including phenoxy) is 2. The summed E-state index contributed by atoms with van der Waals surface area (Å²) in [6.07, 6.45) is 0.615. The van der Waals surface area contributed by atoms with Gasteiger partial charge in [0.1, 0.15) is 17.6 Å². The fourth-order valence-electron chi connectivity index (χ4n) is 2.53. The van der Waals surface area contributed by atoms with Gasteiger partial charge in [-0.3, -0.25) is 0 Å². The number of benzene rings is 2. The van der Waals surface area contributed by atoms with Gasteiger partial charge in [-0.25, -0.2) is 0 Å².